The maximum Gasteiger partial charge on any atom is 0.243 e. The largest absolute Gasteiger partial charge is 0.354 e. The highest BCUT2D eigenvalue weighted by atomic mass is 32.2. The van der Waals surface area contributed by atoms with E-state index in [1.807, 2.05) is 60.7 Å². The molecule has 0 unspecified atom stereocenters. The van der Waals surface area contributed by atoms with Crippen LogP contribution in [-0.4, -0.2) is 35.1 Å². The summed E-state index contributed by atoms with van der Waals surface area (Å²) in [5.41, 5.74) is 1.75. The second kappa shape index (κ2) is 13.6. The van der Waals surface area contributed by atoms with Crippen LogP contribution in [0.15, 0.2) is 89.8 Å². The van der Waals surface area contributed by atoms with Crippen LogP contribution in [-0.2, 0) is 22.6 Å². The first-order valence-corrected chi connectivity index (χ1v) is 12.6. The fourth-order valence-corrected chi connectivity index (χ4v) is 4.40. The van der Waals surface area contributed by atoms with Crippen molar-refractivity contribution in [2.75, 3.05) is 12.3 Å². The van der Waals surface area contributed by atoms with Crippen LogP contribution in [0.1, 0.15) is 30.9 Å². The first kappa shape index (κ1) is 25.5. The first-order valence-electron chi connectivity index (χ1n) is 11.6. The maximum atomic E-state index is 13.5. The van der Waals surface area contributed by atoms with Crippen molar-refractivity contribution >= 4 is 23.6 Å². The third-order valence-electron chi connectivity index (χ3n) is 5.47. The Morgan fingerprint density at radius 1 is 0.912 bits per heavy atom. The van der Waals surface area contributed by atoms with E-state index in [-0.39, 0.29) is 29.9 Å². The smallest absolute Gasteiger partial charge is 0.243 e. The lowest BCUT2D eigenvalue weighted by atomic mass is 10.0. The van der Waals surface area contributed by atoms with E-state index in [4.69, 9.17) is 0 Å². The second-order valence-electron chi connectivity index (χ2n) is 8.10. The van der Waals surface area contributed by atoms with Gasteiger partial charge in [0.25, 0.3) is 0 Å². The molecule has 0 spiro atoms. The highest BCUT2D eigenvalue weighted by Crippen LogP contribution is 2.21. The van der Waals surface area contributed by atoms with E-state index < -0.39 is 6.04 Å². The number of nitrogens with zero attached hydrogens (tertiary/aromatic N) is 1. The number of halogens is 1. The number of hydrogen-bond acceptors (Lipinski definition) is 3. The molecule has 0 saturated heterocycles. The Morgan fingerprint density at radius 3 is 2.21 bits per heavy atom. The normalized spacial score (nSPS) is 11.6. The Bertz CT molecular complexity index is 1030. The fourth-order valence-electron chi connectivity index (χ4n) is 3.59. The van der Waals surface area contributed by atoms with Crippen molar-refractivity contribution in [2.45, 2.75) is 43.7 Å². The molecule has 0 aromatic heterocycles. The number of thioether (sulfide) groups is 1. The van der Waals surface area contributed by atoms with E-state index in [1.165, 1.54) is 23.9 Å². The molecule has 3 rings (SSSR count). The lowest BCUT2D eigenvalue weighted by Crippen LogP contribution is -2.51. The zero-order valence-corrected chi connectivity index (χ0v) is 20.3. The van der Waals surface area contributed by atoms with Gasteiger partial charge in [-0.3, -0.25) is 9.59 Å². The Hall–Kier alpha value is -3.12. The zero-order chi connectivity index (χ0) is 24.2. The van der Waals surface area contributed by atoms with Gasteiger partial charge in [0.2, 0.25) is 11.8 Å². The predicted octanol–water partition coefficient (Wildman–Crippen LogP) is 5.47. The molecule has 6 heteroatoms. The van der Waals surface area contributed by atoms with Crippen molar-refractivity contribution in [3.8, 4) is 0 Å². The molecule has 4 nitrogen and oxygen atoms in total. The summed E-state index contributed by atoms with van der Waals surface area (Å²) < 4.78 is 13.5. The summed E-state index contributed by atoms with van der Waals surface area (Å²) in [6, 6.07) is 24.8. The summed E-state index contributed by atoms with van der Waals surface area (Å²) in [5.74, 6) is -0.430. The molecule has 2 amide bonds. The molecule has 3 aromatic carbocycles. The van der Waals surface area contributed by atoms with Gasteiger partial charge in [-0.05, 0) is 41.8 Å². The topological polar surface area (TPSA) is 49.4 Å². The molecular weight excluding hydrogens is 447 g/mol. The first-order chi connectivity index (χ1) is 16.6. The number of benzene rings is 3. The van der Waals surface area contributed by atoms with Crippen LogP contribution in [0.5, 0.6) is 0 Å². The third-order valence-corrected chi connectivity index (χ3v) is 6.47. The molecule has 0 fully saturated rings. The molecule has 3 aromatic rings. The minimum Gasteiger partial charge on any atom is -0.354 e. The highest BCUT2D eigenvalue weighted by Gasteiger charge is 2.30. The number of rotatable bonds is 12. The van der Waals surface area contributed by atoms with E-state index in [0.717, 1.165) is 28.9 Å². The average Bonchev–Trinajstić information content (AvgIpc) is 2.87. The second-order valence-corrected chi connectivity index (χ2v) is 9.15. The fraction of sp³-hybridized carbons (Fsp3) is 0.286. The Balaban J connectivity index is 1.86. The van der Waals surface area contributed by atoms with Gasteiger partial charge in [0.05, 0.1) is 5.75 Å². The zero-order valence-electron chi connectivity index (χ0n) is 19.5. The van der Waals surface area contributed by atoms with Crippen LogP contribution in [0.25, 0.3) is 0 Å². The quantitative estimate of drug-likeness (QED) is 0.277. The van der Waals surface area contributed by atoms with E-state index in [2.05, 4.69) is 12.2 Å². The summed E-state index contributed by atoms with van der Waals surface area (Å²) in [6.07, 6.45) is 2.25. The maximum absolute atomic E-state index is 13.5. The van der Waals surface area contributed by atoms with Gasteiger partial charge in [-0.2, -0.15) is 0 Å². The standard InChI is InChI=1S/C28H31FN2O2S/c1-2-3-18-30-28(33)26(19-22-10-6-4-7-11-22)31(20-23-14-16-24(29)17-15-23)27(32)21-34-25-12-8-5-9-13-25/h4-17,26H,2-3,18-21H2,1H3,(H,30,33)/t26-/m0/s1. The van der Waals surface area contributed by atoms with Gasteiger partial charge in [0.1, 0.15) is 11.9 Å². The van der Waals surface area contributed by atoms with Crippen LogP contribution >= 0.6 is 11.8 Å². The monoisotopic (exact) mass is 478 g/mol. The van der Waals surface area contributed by atoms with Crippen LogP contribution in [0.3, 0.4) is 0 Å². The van der Waals surface area contributed by atoms with Crippen molar-refractivity contribution in [3.05, 3.63) is 102 Å². The molecule has 1 atom stereocenters. The molecule has 0 bridgehead atoms. The summed E-state index contributed by atoms with van der Waals surface area (Å²) in [6.45, 7) is 2.86. The van der Waals surface area contributed by atoms with Crippen molar-refractivity contribution in [2.24, 2.45) is 0 Å². The van der Waals surface area contributed by atoms with Crippen molar-refractivity contribution in [1.82, 2.24) is 10.2 Å². The number of carbonyl (C=O) groups is 2. The van der Waals surface area contributed by atoms with Crippen LogP contribution in [0.4, 0.5) is 4.39 Å². The van der Waals surface area contributed by atoms with Gasteiger partial charge < -0.3 is 10.2 Å². The minimum absolute atomic E-state index is 0.134. The van der Waals surface area contributed by atoms with Crippen molar-refractivity contribution in [1.29, 1.82) is 0 Å². The number of carbonyl (C=O) groups excluding carboxylic acids is 2. The lowest BCUT2D eigenvalue weighted by molar-refractivity contribution is -0.139. The minimum atomic E-state index is -0.673. The molecule has 0 heterocycles. The van der Waals surface area contributed by atoms with Crippen LogP contribution in [0.2, 0.25) is 0 Å². The number of hydrogen-bond donors (Lipinski definition) is 1. The van der Waals surface area contributed by atoms with E-state index in [9.17, 15) is 14.0 Å². The van der Waals surface area contributed by atoms with Crippen molar-refractivity contribution in [3.63, 3.8) is 0 Å². The number of amides is 2. The molecule has 178 valence electrons. The summed E-state index contributed by atoms with van der Waals surface area (Å²) in [4.78, 5) is 29.4. The Kier molecular flexibility index (Phi) is 10.2. The highest BCUT2D eigenvalue weighted by molar-refractivity contribution is 8.00. The molecule has 0 radical (unpaired) electrons. The van der Waals surface area contributed by atoms with Gasteiger partial charge >= 0.3 is 0 Å². The van der Waals surface area contributed by atoms with E-state index >= 15 is 0 Å². The van der Waals surface area contributed by atoms with Gasteiger partial charge in [0, 0.05) is 24.4 Å². The van der Waals surface area contributed by atoms with Gasteiger partial charge in [-0.15, -0.1) is 11.8 Å². The van der Waals surface area contributed by atoms with Crippen LogP contribution < -0.4 is 5.32 Å². The SMILES string of the molecule is CCCCNC(=O)[C@H](Cc1ccccc1)N(Cc1ccc(F)cc1)C(=O)CSc1ccccc1. The average molecular weight is 479 g/mol. The third kappa shape index (κ3) is 8.03. The Labute approximate surface area is 205 Å². The van der Waals surface area contributed by atoms with Gasteiger partial charge in [-0.1, -0.05) is 74.0 Å². The lowest BCUT2D eigenvalue weighted by Gasteiger charge is -2.31. The molecule has 0 aliphatic rings. The number of unbranched alkanes of at least 4 members (excludes halogenated alkanes) is 1. The van der Waals surface area contributed by atoms with Crippen LogP contribution in [0, 0.1) is 5.82 Å². The molecular formula is C28H31FN2O2S. The van der Waals surface area contributed by atoms with Gasteiger partial charge in [0.15, 0.2) is 0 Å². The Morgan fingerprint density at radius 2 is 1.56 bits per heavy atom. The van der Waals surface area contributed by atoms with E-state index in [1.54, 1.807) is 17.0 Å². The molecule has 1 N–H and O–H groups in total. The number of nitrogens with one attached hydrogen (secondary N) is 1. The molecule has 0 saturated carbocycles. The molecule has 0 aliphatic heterocycles. The summed E-state index contributed by atoms with van der Waals surface area (Å²) >= 11 is 1.44. The molecule has 0 aliphatic carbocycles. The van der Waals surface area contributed by atoms with Gasteiger partial charge in [-0.25, -0.2) is 4.39 Å². The van der Waals surface area contributed by atoms with E-state index in [0.29, 0.717) is 13.0 Å². The molecule has 34 heavy (non-hydrogen) atoms. The summed E-state index contributed by atoms with van der Waals surface area (Å²) in [7, 11) is 0. The summed E-state index contributed by atoms with van der Waals surface area (Å²) in [5, 5.41) is 3.01. The van der Waals surface area contributed by atoms with Crippen molar-refractivity contribution < 1.29 is 14.0 Å². The predicted molar refractivity (Wildman–Crippen MR) is 136 cm³/mol.